The molecule has 5 nitrogen and oxygen atoms in total. The molecule has 1 heterocycles. The van der Waals surface area contributed by atoms with Gasteiger partial charge >= 0.3 is 5.97 Å². The fraction of sp³-hybridized carbons (Fsp3) is 0.318. The van der Waals surface area contributed by atoms with Gasteiger partial charge in [0.1, 0.15) is 11.5 Å². The summed E-state index contributed by atoms with van der Waals surface area (Å²) in [5.74, 6) is 0.484. The minimum Gasteiger partial charge on any atom is -0.494 e. The quantitative estimate of drug-likeness (QED) is 0.451. The Balaban J connectivity index is 2.14. The van der Waals surface area contributed by atoms with E-state index in [9.17, 15) is 9.90 Å². The average molecular weight is 402 g/mol. The van der Waals surface area contributed by atoms with E-state index < -0.39 is 5.97 Å². The van der Waals surface area contributed by atoms with Crippen molar-refractivity contribution in [2.75, 3.05) is 13.2 Å². The number of H-pyrrole nitrogens is 1. The second-order valence-corrected chi connectivity index (χ2v) is 6.97. The van der Waals surface area contributed by atoms with Crippen LogP contribution in [0, 0.1) is 0 Å². The molecule has 0 aliphatic rings. The third kappa shape index (κ3) is 4.42. The van der Waals surface area contributed by atoms with E-state index >= 15 is 0 Å². The standard InChI is InChI=1S/C22H24ClNO4/c1-3-5-10-28-15-7-8-19-16(12-15)17(13-21(25)26)22(24-19)18-11-14(23)6-9-20(18)27-4-2/h6-9,11-12,24H,3-5,10,13H2,1-2H3,(H,25,26). The lowest BCUT2D eigenvalue weighted by Crippen LogP contribution is -2.02. The van der Waals surface area contributed by atoms with Crippen LogP contribution in [0.5, 0.6) is 11.5 Å². The molecule has 0 spiro atoms. The van der Waals surface area contributed by atoms with Crippen molar-refractivity contribution in [1.29, 1.82) is 0 Å². The van der Waals surface area contributed by atoms with E-state index in [-0.39, 0.29) is 6.42 Å². The van der Waals surface area contributed by atoms with Gasteiger partial charge in [-0.15, -0.1) is 0 Å². The second kappa shape index (κ2) is 9.02. The molecule has 0 atom stereocenters. The Morgan fingerprint density at radius 3 is 2.68 bits per heavy atom. The molecular weight excluding hydrogens is 378 g/mol. The first-order valence-electron chi connectivity index (χ1n) is 9.45. The van der Waals surface area contributed by atoms with Gasteiger partial charge in [-0.3, -0.25) is 4.79 Å². The maximum Gasteiger partial charge on any atom is 0.307 e. The number of carboxylic acid groups (broad SMARTS) is 1. The molecule has 3 rings (SSSR count). The Morgan fingerprint density at radius 1 is 1.14 bits per heavy atom. The van der Waals surface area contributed by atoms with Crippen LogP contribution in [0.15, 0.2) is 36.4 Å². The number of fused-ring (bicyclic) bond motifs is 1. The van der Waals surface area contributed by atoms with Crippen molar-refractivity contribution in [3.8, 4) is 22.8 Å². The molecule has 0 aliphatic heterocycles. The van der Waals surface area contributed by atoms with Crippen LogP contribution in [0.3, 0.4) is 0 Å². The first-order valence-corrected chi connectivity index (χ1v) is 9.83. The van der Waals surface area contributed by atoms with Gasteiger partial charge < -0.3 is 19.6 Å². The van der Waals surface area contributed by atoms with E-state index in [0.717, 1.165) is 35.1 Å². The lowest BCUT2D eigenvalue weighted by Gasteiger charge is -2.11. The van der Waals surface area contributed by atoms with Gasteiger partial charge in [0, 0.05) is 21.5 Å². The van der Waals surface area contributed by atoms with Crippen LogP contribution in [0.4, 0.5) is 0 Å². The average Bonchev–Trinajstić information content (AvgIpc) is 3.01. The first kappa shape index (κ1) is 20.1. The van der Waals surface area contributed by atoms with E-state index in [1.54, 1.807) is 18.2 Å². The van der Waals surface area contributed by atoms with Gasteiger partial charge in [0.25, 0.3) is 0 Å². The summed E-state index contributed by atoms with van der Waals surface area (Å²) in [6, 6.07) is 11.1. The maximum absolute atomic E-state index is 11.6. The van der Waals surface area contributed by atoms with Gasteiger partial charge in [-0.05, 0) is 55.3 Å². The number of nitrogens with one attached hydrogen (secondary N) is 1. The summed E-state index contributed by atoms with van der Waals surface area (Å²) in [5, 5.41) is 10.9. The Kier molecular flexibility index (Phi) is 6.47. The third-order valence-corrected chi connectivity index (χ3v) is 4.72. The monoisotopic (exact) mass is 401 g/mol. The van der Waals surface area contributed by atoms with Gasteiger partial charge in [-0.1, -0.05) is 24.9 Å². The highest BCUT2D eigenvalue weighted by Crippen LogP contribution is 2.38. The minimum atomic E-state index is -0.903. The highest BCUT2D eigenvalue weighted by molar-refractivity contribution is 6.31. The number of aromatic amines is 1. The van der Waals surface area contributed by atoms with E-state index in [1.807, 2.05) is 25.1 Å². The van der Waals surface area contributed by atoms with E-state index in [4.69, 9.17) is 21.1 Å². The summed E-state index contributed by atoms with van der Waals surface area (Å²) in [6.45, 7) is 5.15. The van der Waals surface area contributed by atoms with Crippen molar-refractivity contribution in [3.63, 3.8) is 0 Å². The number of benzene rings is 2. The molecule has 2 aromatic carbocycles. The molecule has 0 saturated heterocycles. The van der Waals surface area contributed by atoms with Crippen molar-refractivity contribution in [1.82, 2.24) is 4.98 Å². The SMILES string of the molecule is CCCCOc1ccc2[nH]c(-c3cc(Cl)ccc3OCC)c(CC(=O)O)c2c1. The molecule has 1 aromatic heterocycles. The Morgan fingerprint density at radius 2 is 1.96 bits per heavy atom. The number of carbonyl (C=O) groups is 1. The molecule has 0 fully saturated rings. The summed E-state index contributed by atoms with van der Waals surface area (Å²) < 4.78 is 11.5. The van der Waals surface area contributed by atoms with Crippen molar-refractivity contribution < 1.29 is 19.4 Å². The molecule has 0 unspecified atom stereocenters. The van der Waals surface area contributed by atoms with Crippen LogP contribution in [-0.4, -0.2) is 29.3 Å². The summed E-state index contributed by atoms with van der Waals surface area (Å²) in [6.07, 6.45) is 1.90. The number of halogens is 1. The number of hydrogen-bond acceptors (Lipinski definition) is 3. The van der Waals surface area contributed by atoms with Crippen molar-refractivity contribution >= 4 is 28.5 Å². The smallest absolute Gasteiger partial charge is 0.307 e. The van der Waals surface area contributed by atoms with Crippen molar-refractivity contribution in [2.45, 2.75) is 33.1 Å². The number of aromatic nitrogens is 1. The summed E-state index contributed by atoms with van der Waals surface area (Å²) in [5.41, 5.74) is 2.98. The number of ether oxygens (including phenoxy) is 2. The molecule has 0 bridgehead atoms. The molecule has 0 saturated carbocycles. The normalized spacial score (nSPS) is 11.0. The zero-order valence-corrected chi connectivity index (χ0v) is 16.8. The lowest BCUT2D eigenvalue weighted by atomic mass is 10.0. The number of hydrogen-bond donors (Lipinski definition) is 2. The molecule has 148 valence electrons. The van der Waals surface area contributed by atoms with Crippen LogP contribution in [-0.2, 0) is 11.2 Å². The van der Waals surface area contributed by atoms with Crippen molar-refractivity contribution in [3.05, 3.63) is 47.0 Å². The molecule has 3 aromatic rings. The Hall–Kier alpha value is -2.66. The Labute approximate surface area is 169 Å². The molecule has 6 heteroatoms. The number of rotatable bonds is 9. The molecular formula is C22H24ClNO4. The molecule has 28 heavy (non-hydrogen) atoms. The number of aliphatic carboxylic acids is 1. The predicted octanol–water partition coefficient (Wildman–Crippen LogP) is 5.69. The van der Waals surface area contributed by atoms with E-state index in [0.29, 0.717) is 35.2 Å². The van der Waals surface area contributed by atoms with Crippen molar-refractivity contribution in [2.24, 2.45) is 0 Å². The zero-order chi connectivity index (χ0) is 20.1. The van der Waals surface area contributed by atoms with Gasteiger partial charge in [0.2, 0.25) is 0 Å². The highest BCUT2D eigenvalue weighted by Gasteiger charge is 2.19. The molecule has 0 radical (unpaired) electrons. The van der Waals surface area contributed by atoms with Crippen LogP contribution >= 0.6 is 11.6 Å². The molecule has 2 N–H and O–H groups in total. The molecule has 0 aliphatic carbocycles. The fourth-order valence-corrected chi connectivity index (χ4v) is 3.37. The van der Waals surface area contributed by atoms with Gasteiger partial charge in [-0.25, -0.2) is 0 Å². The van der Waals surface area contributed by atoms with Crippen LogP contribution in [0.1, 0.15) is 32.3 Å². The highest BCUT2D eigenvalue weighted by atomic mass is 35.5. The van der Waals surface area contributed by atoms with Crippen LogP contribution < -0.4 is 9.47 Å². The van der Waals surface area contributed by atoms with E-state index in [1.165, 1.54) is 0 Å². The summed E-state index contributed by atoms with van der Waals surface area (Å²) in [4.78, 5) is 14.9. The maximum atomic E-state index is 11.6. The zero-order valence-electron chi connectivity index (χ0n) is 16.0. The number of unbranched alkanes of at least 4 members (excludes halogenated alkanes) is 1. The lowest BCUT2D eigenvalue weighted by molar-refractivity contribution is -0.136. The fourth-order valence-electron chi connectivity index (χ4n) is 3.19. The third-order valence-electron chi connectivity index (χ3n) is 4.48. The summed E-state index contributed by atoms with van der Waals surface area (Å²) in [7, 11) is 0. The molecule has 0 amide bonds. The Bertz CT molecular complexity index is 980. The minimum absolute atomic E-state index is 0.119. The number of carboxylic acids is 1. The topological polar surface area (TPSA) is 71.5 Å². The summed E-state index contributed by atoms with van der Waals surface area (Å²) >= 11 is 6.21. The first-order chi connectivity index (χ1) is 13.5. The second-order valence-electron chi connectivity index (χ2n) is 6.53. The van der Waals surface area contributed by atoms with Gasteiger partial charge in [0.15, 0.2) is 0 Å². The van der Waals surface area contributed by atoms with Crippen LogP contribution in [0.2, 0.25) is 5.02 Å². The predicted molar refractivity (Wildman–Crippen MR) is 112 cm³/mol. The van der Waals surface area contributed by atoms with E-state index in [2.05, 4.69) is 11.9 Å². The van der Waals surface area contributed by atoms with Gasteiger partial charge in [0.05, 0.1) is 25.3 Å². The van der Waals surface area contributed by atoms with Crippen LogP contribution in [0.25, 0.3) is 22.2 Å². The largest absolute Gasteiger partial charge is 0.494 e. The van der Waals surface area contributed by atoms with Gasteiger partial charge in [-0.2, -0.15) is 0 Å².